The number of nitrogens with two attached hydrogens (primary N) is 3. The quantitative estimate of drug-likeness (QED) is 0.0167. The summed E-state index contributed by atoms with van der Waals surface area (Å²) in [7, 11) is 0. The van der Waals surface area contributed by atoms with Gasteiger partial charge < -0.3 is 116 Å². The third kappa shape index (κ3) is 28.1. The van der Waals surface area contributed by atoms with Crippen molar-refractivity contribution < 1.29 is 87.2 Å². The van der Waals surface area contributed by atoms with E-state index in [2.05, 4.69) is 74.1 Å². The number of benzene rings is 1. The van der Waals surface area contributed by atoms with Gasteiger partial charge in [0.2, 0.25) is 82.7 Å². The highest BCUT2D eigenvalue weighted by Gasteiger charge is 2.42. The van der Waals surface area contributed by atoms with Gasteiger partial charge in [0.1, 0.15) is 60.4 Å². The number of carboxylic acids is 1. The van der Waals surface area contributed by atoms with Crippen molar-refractivity contribution in [2.75, 3.05) is 58.9 Å². The van der Waals surface area contributed by atoms with Gasteiger partial charge in [-0.1, -0.05) is 66.2 Å². The molecule has 0 radical (unpaired) electrons. The maximum Gasteiger partial charge on any atom is 0.326 e. The molecular formula is C68H110N20O18. The fourth-order valence-electron chi connectivity index (χ4n) is 12.0. The highest BCUT2D eigenvalue weighted by Crippen LogP contribution is 2.23. The number of carboxylic acid groups (broad SMARTS) is 1. The van der Waals surface area contributed by atoms with Gasteiger partial charge in [0.25, 0.3) is 0 Å². The number of para-hydroxylation sites is 1. The number of guanidine groups is 1. The molecule has 14 amide bonds. The molecule has 24 N–H and O–H groups in total. The highest BCUT2D eigenvalue weighted by atomic mass is 16.4. The SMILES string of the molecule is CC[C@H](C)[C@H](NC(=O)CNC(=O)[C@H](Cc1c[nH]c2ccccc12)NC(=O)[C@@H]1CCCN1C(=O)CNC(=O)[C@@H]1CCCN1C(=O)[C@@H](NC(=O)CN)[C@@H](C)O)C(=O)N[C@@H](CC(C)C)C(=O)NCC(=O)N[C@H](C(=O)N[C@@H](CCCCN)C(=O)N[C@@H](CCCNC(=N)N)C(=O)NCC(=O)N[C@H](C(=O)O)C(C)C)[C@@H](C)O. The van der Waals surface area contributed by atoms with E-state index >= 15 is 0 Å². The smallest absolute Gasteiger partial charge is 0.326 e. The second-order valence-electron chi connectivity index (χ2n) is 27.3. The molecule has 0 unspecified atom stereocenters. The Kier molecular flexibility index (Phi) is 36.7. The van der Waals surface area contributed by atoms with E-state index in [1.165, 1.54) is 23.6 Å². The third-order valence-corrected chi connectivity index (χ3v) is 18.1. The summed E-state index contributed by atoms with van der Waals surface area (Å²) in [5.41, 5.74) is 17.9. The molecule has 0 saturated carbocycles. The summed E-state index contributed by atoms with van der Waals surface area (Å²) >= 11 is 0. The number of hydrogen-bond acceptors (Lipinski definition) is 20. The van der Waals surface area contributed by atoms with E-state index in [4.69, 9.17) is 22.6 Å². The molecule has 0 spiro atoms. The maximum absolute atomic E-state index is 14.3. The zero-order chi connectivity index (χ0) is 79.1. The van der Waals surface area contributed by atoms with Crippen LogP contribution in [0.3, 0.4) is 0 Å². The first-order valence-electron chi connectivity index (χ1n) is 35.8. The van der Waals surface area contributed by atoms with Crippen LogP contribution in [0.1, 0.15) is 132 Å². The molecule has 2 saturated heterocycles. The predicted molar refractivity (Wildman–Crippen MR) is 385 cm³/mol. The second kappa shape index (κ2) is 44.0. The molecule has 3 heterocycles. The number of aromatic nitrogens is 1. The van der Waals surface area contributed by atoms with Crippen molar-refractivity contribution >= 4 is 106 Å². The number of aliphatic hydroxyl groups is 2. The van der Waals surface area contributed by atoms with Crippen LogP contribution in [0.25, 0.3) is 10.9 Å². The monoisotopic (exact) mass is 1490 g/mol. The number of aliphatic hydroxyl groups excluding tert-OH is 2. The normalized spacial score (nSPS) is 17.2. The maximum atomic E-state index is 14.3. The number of hydrogen-bond donors (Lipinski definition) is 21. The minimum atomic E-state index is -1.74. The minimum absolute atomic E-state index is 0.0175. The zero-order valence-corrected chi connectivity index (χ0v) is 61.5. The summed E-state index contributed by atoms with van der Waals surface area (Å²) in [5.74, 6) is -14.4. The minimum Gasteiger partial charge on any atom is -0.480 e. The summed E-state index contributed by atoms with van der Waals surface area (Å²) < 4.78 is 0. The molecule has 0 bridgehead atoms. The van der Waals surface area contributed by atoms with Crippen LogP contribution in [0.15, 0.2) is 30.5 Å². The number of amides is 14. The summed E-state index contributed by atoms with van der Waals surface area (Å²) in [5, 5.41) is 71.5. The van der Waals surface area contributed by atoms with E-state index in [1.54, 1.807) is 65.9 Å². The van der Waals surface area contributed by atoms with Crippen molar-refractivity contribution in [2.45, 2.75) is 205 Å². The zero-order valence-electron chi connectivity index (χ0n) is 61.5. The average molecular weight is 1500 g/mol. The van der Waals surface area contributed by atoms with Crippen LogP contribution >= 0.6 is 0 Å². The van der Waals surface area contributed by atoms with Gasteiger partial charge in [-0.25, -0.2) is 4.79 Å². The van der Waals surface area contributed by atoms with E-state index in [0.29, 0.717) is 31.2 Å². The molecule has 38 nitrogen and oxygen atoms in total. The van der Waals surface area contributed by atoms with Gasteiger partial charge in [0, 0.05) is 43.2 Å². The summed E-state index contributed by atoms with van der Waals surface area (Å²) in [6, 6.07) is -6.05. The van der Waals surface area contributed by atoms with Gasteiger partial charge in [-0.15, -0.1) is 0 Å². The first-order chi connectivity index (χ1) is 50.1. The Hall–Kier alpha value is -10.1. The molecule has 1 aromatic heterocycles. The van der Waals surface area contributed by atoms with Crippen LogP contribution in [-0.2, 0) is 78.3 Å². The first kappa shape index (κ1) is 88.3. The van der Waals surface area contributed by atoms with E-state index in [-0.39, 0.29) is 89.4 Å². The van der Waals surface area contributed by atoms with Crippen LogP contribution < -0.4 is 86.3 Å². The number of nitrogens with zero attached hydrogens (tertiary/aromatic N) is 2. The first-order valence-corrected chi connectivity index (χ1v) is 35.8. The molecule has 2 aromatic rings. The molecule has 0 aliphatic carbocycles. The van der Waals surface area contributed by atoms with Gasteiger partial charge in [0.05, 0.1) is 44.9 Å². The molecule has 4 rings (SSSR count). The van der Waals surface area contributed by atoms with Gasteiger partial charge in [-0.2, -0.15) is 0 Å². The van der Waals surface area contributed by atoms with Crippen molar-refractivity contribution in [3.8, 4) is 0 Å². The van der Waals surface area contributed by atoms with Crippen LogP contribution in [0, 0.1) is 23.2 Å². The Morgan fingerprint density at radius 1 is 0.557 bits per heavy atom. The Bertz CT molecular complexity index is 3400. The lowest BCUT2D eigenvalue weighted by atomic mass is 9.96. The number of H-pyrrole nitrogens is 1. The lowest BCUT2D eigenvalue weighted by molar-refractivity contribution is -0.144. The summed E-state index contributed by atoms with van der Waals surface area (Å²) in [6.45, 7) is 9.92. The van der Waals surface area contributed by atoms with Crippen LogP contribution in [0.2, 0.25) is 0 Å². The number of rotatable bonds is 44. The molecule has 2 fully saturated rings. The van der Waals surface area contributed by atoms with Crippen molar-refractivity contribution in [1.82, 2.24) is 83.9 Å². The topological polar surface area (TPSA) is 597 Å². The Labute approximate surface area is 614 Å². The van der Waals surface area contributed by atoms with Gasteiger partial charge >= 0.3 is 5.97 Å². The van der Waals surface area contributed by atoms with Crippen LogP contribution in [0.4, 0.5) is 0 Å². The Morgan fingerprint density at radius 2 is 1.07 bits per heavy atom. The van der Waals surface area contributed by atoms with Crippen molar-refractivity contribution in [2.24, 2.45) is 35.0 Å². The number of aliphatic carboxylic acids is 1. The Balaban J connectivity index is 1.42. The fraction of sp³-hybridized carbons (Fsp3) is 0.647. The lowest BCUT2D eigenvalue weighted by Gasteiger charge is -2.30. The molecule has 590 valence electrons. The predicted octanol–water partition coefficient (Wildman–Crippen LogP) is -6.02. The molecule has 13 atom stereocenters. The Morgan fingerprint density at radius 3 is 1.62 bits per heavy atom. The summed E-state index contributed by atoms with van der Waals surface area (Å²) in [6.07, 6.45) is 0.867. The van der Waals surface area contributed by atoms with Gasteiger partial charge in [-0.3, -0.25) is 72.5 Å². The van der Waals surface area contributed by atoms with Crippen molar-refractivity contribution in [1.29, 1.82) is 5.41 Å². The second-order valence-corrected chi connectivity index (χ2v) is 27.3. The average Bonchev–Trinajstić information content (AvgIpc) is 1.66. The molecule has 2 aliphatic rings. The summed E-state index contributed by atoms with van der Waals surface area (Å²) in [4.78, 5) is 208. The van der Waals surface area contributed by atoms with E-state index in [9.17, 15) is 87.2 Å². The van der Waals surface area contributed by atoms with Gasteiger partial charge in [0.15, 0.2) is 5.96 Å². The van der Waals surface area contributed by atoms with E-state index < -0.39 is 206 Å². The number of carbonyl (C=O) groups is 15. The number of carbonyl (C=O) groups excluding carboxylic acids is 14. The number of unbranched alkanes of at least 4 members (excludes halogenated alkanes) is 1. The standard InChI is InChI=1S/C68H110N20O18/c1-9-37(6)55(85-51(93)32-77-60(98)46(28-40-30-74-42-18-11-10-17-41(40)42)81-63(101)48-22-15-25-87(48)53(95)34-78-62(100)47-21-16-26-88(47)66(104)57(39(8)90)83-49(91)29-70)64(102)82-45(27-35(2)3)59(97)76-33-52(94)86-56(38(7)89)65(103)80-44(19-12-13-23-69)61(99)79-43(20-14-24-73-68(71)72)58(96)75-31-50(92)84-54(36(4)5)67(105)106/h10-11,17-18,30,35-39,43-48,54-57,74,89-90H,9,12-16,19-29,31-34,69-70H2,1-8H3,(H,75,96)(H,76,97)(H,77,98)(H,78,100)(H,79,99)(H,80,103)(H,81,101)(H,82,102)(H,83,91)(H,84,92)(H,85,93)(H,86,94)(H,105,106)(H4,71,72,73)/t37-,38+,39+,43-,44-,45-,46-,47-,48-,54-,55-,56-,57-/m0/s1. The number of fused-ring (bicyclic) bond motifs is 1. The molecule has 1 aromatic carbocycles. The van der Waals surface area contributed by atoms with Crippen LogP contribution in [0.5, 0.6) is 0 Å². The van der Waals surface area contributed by atoms with Crippen molar-refractivity contribution in [3.05, 3.63) is 36.0 Å². The highest BCUT2D eigenvalue weighted by molar-refractivity contribution is 6.00. The van der Waals surface area contributed by atoms with E-state index in [0.717, 1.165) is 10.9 Å². The molecular weight excluding hydrogens is 1380 g/mol. The number of likely N-dealkylation sites (tertiary alicyclic amines) is 2. The van der Waals surface area contributed by atoms with Crippen molar-refractivity contribution in [3.63, 3.8) is 0 Å². The van der Waals surface area contributed by atoms with Gasteiger partial charge in [-0.05, 0) is 114 Å². The lowest BCUT2D eigenvalue weighted by Crippen LogP contribution is -2.60. The molecule has 38 heteroatoms. The fourth-order valence-corrected chi connectivity index (χ4v) is 12.0. The molecule has 2 aliphatic heterocycles. The number of nitrogens with one attached hydrogen (secondary N) is 15. The third-order valence-electron chi connectivity index (χ3n) is 18.1. The number of aromatic amines is 1. The molecule has 106 heavy (non-hydrogen) atoms. The van der Waals surface area contributed by atoms with Crippen LogP contribution in [-0.4, -0.2) is 256 Å². The van der Waals surface area contributed by atoms with E-state index in [1.807, 2.05) is 6.07 Å². The largest absolute Gasteiger partial charge is 0.480 e.